The van der Waals surface area contributed by atoms with Crippen molar-refractivity contribution in [2.24, 2.45) is 0 Å². The number of rotatable bonds is 3. The van der Waals surface area contributed by atoms with Crippen molar-refractivity contribution >= 4 is 5.82 Å². The predicted molar refractivity (Wildman–Crippen MR) is 94.1 cm³/mol. The van der Waals surface area contributed by atoms with Crippen molar-refractivity contribution in [1.82, 2.24) is 9.88 Å². The number of anilines is 1. The molecule has 1 aliphatic rings. The van der Waals surface area contributed by atoms with E-state index in [0.717, 1.165) is 6.07 Å². The quantitative estimate of drug-likeness (QED) is 0.892. The van der Waals surface area contributed by atoms with E-state index in [0.29, 0.717) is 30.2 Å². The first-order chi connectivity index (χ1) is 12.2. The first kappa shape index (κ1) is 18.5. The number of fused-ring (bicyclic) bond motifs is 1. The summed E-state index contributed by atoms with van der Waals surface area (Å²) in [5, 5.41) is 10.7. The SMILES string of the molecule is CC(C)N1CN(C)Cc2c1ncc(Cc1ccccc1C(F)(F)F)c2O. The molecule has 2 heterocycles. The highest BCUT2D eigenvalue weighted by Crippen LogP contribution is 2.38. The third-order valence-corrected chi connectivity index (χ3v) is 4.62. The average Bonchev–Trinajstić information content (AvgIpc) is 2.56. The van der Waals surface area contributed by atoms with E-state index < -0.39 is 11.7 Å². The topological polar surface area (TPSA) is 39.6 Å². The number of hydrogen-bond donors (Lipinski definition) is 1. The largest absolute Gasteiger partial charge is 0.507 e. The lowest BCUT2D eigenvalue weighted by Crippen LogP contribution is -2.44. The Hall–Kier alpha value is -2.28. The molecule has 26 heavy (non-hydrogen) atoms. The smallest absolute Gasteiger partial charge is 0.416 e. The molecule has 0 fully saturated rings. The summed E-state index contributed by atoms with van der Waals surface area (Å²) in [6.45, 7) is 5.27. The number of hydrogen-bond acceptors (Lipinski definition) is 4. The Morgan fingerprint density at radius 3 is 2.54 bits per heavy atom. The lowest BCUT2D eigenvalue weighted by atomic mass is 9.98. The number of halogens is 3. The van der Waals surface area contributed by atoms with Crippen LogP contribution < -0.4 is 4.90 Å². The second-order valence-electron chi connectivity index (χ2n) is 6.99. The van der Waals surface area contributed by atoms with Crippen molar-refractivity contribution in [2.75, 3.05) is 18.6 Å². The van der Waals surface area contributed by atoms with Crippen molar-refractivity contribution in [1.29, 1.82) is 0 Å². The lowest BCUT2D eigenvalue weighted by Gasteiger charge is -2.38. The van der Waals surface area contributed by atoms with Gasteiger partial charge in [-0.2, -0.15) is 13.2 Å². The van der Waals surface area contributed by atoms with Crippen LogP contribution in [0.5, 0.6) is 5.75 Å². The summed E-state index contributed by atoms with van der Waals surface area (Å²) in [6, 6.07) is 5.63. The van der Waals surface area contributed by atoms with Gasteiger partial charge < -0.3 is 10.0 Å². The van der Waals surface area contributed by atoms with Crippen molar-refractivity contribution in [2.45, 2.75) is 39.0 Å². The van der Waals surface area contributed by atoms with Gasteiger partial charge >= 0.3 is 6.18 Å². The third-order valence-electron chi connectivity index (χ3n) is 4.62. The summed E-state index contributed by atoms with van der Waals surface area (Å²) in [5.74, 6) is 0.729. The highest BCUT2D eigenvalue weighted by atomic mass is 19.4. The molecule has 0 bridgehead atoms. The maximum Gasteiger partial charge on any atom is 0.416 e. The van der Waals surface area contributed by atoms with Crippen LogP contribution in [0.2, 0.25) is 0 Å². The molecule has 0 atom stereocenters. The molecule has 0 spiro atoms. The number of aromatic hydroxyl groups is 1. The first-order valence-corrected chi connectivity index (χ1v) is 8.48. The highest BCUT2D eigenvalue weighted by molar-refractivity contribution is 5.58. The Balaban J connectivity index is 2.01. The molecule has 4 nitrogen and oxygen atoms in total. The Kier molecular flexibility index (Phi) is 4.84. The van der Waals surface area contributed by atoms with Crippen LogP contribution in [0.3, 0.4) is 0 Å². The molecule has 0 saturated carbocycles. The van der Waals surface area contributed by atoms with Crippen LogP contribution in [0, 0.1) is 0 Å². The number of benzene rings is 1. The summed E-state index contributed by atoms with van der Waals surface area (Å²) in [7, 11) is 1.93. The van der Waals surface area contributed by atoms with E-state index in [9.17, 15) is 18.3 Å². The van der Waals surface area contributed by atoms with Gasteiger partial charge in [0.05, 0.1) is 17.8 Å². The van der Waals surface area contributed by atoms with Gasteiger partial charge in [0.1, 0.15) is 11.6 Å². The maximum atomic E-state index is 13.2. The number of pyridine rings is 1. The second-order valence-corrected chi connectivity index (χ2v) is 6.99. The van der Waals surface area contributed by atoms with E-state index in [1.165, 1.54) is 18.3 Å². The average molecular weight is 365 g/mol. The molecule has 0 amide bonds. The fourth-order valence-electron chi connectivity index (χ4n) is 3.31. The molecule has 7 heteroatoms. The zero-order valence-electron chi connectivity index (χ0n) is 15.0. The number of nitrogens with zero attached hydrogens (tertiary/aromatic N) is 3. The standard InChI is InChI=1S/C19H22F3N3O/c1-12(2)25-11-24(3)10-15-17(26)14(9-23-18(15)25)8-13-6-4-5-7-16(13)19(20,21)22/h4-7,9,12H,8,10-11H2,1-3H3,(H,23,26). The maximum absolute atomic E-state index is 13.2. The van der Waals surface area contributed by atoms with Gasteiger partial charge in [0.15, 0.2) is 0 Å². The monoisotopic (exact) mass is 365 g/mol. The van der Waals surface area contributed by atoms with E-state index in [-0.39, 0.29) is 23.8 Å². The minimum absolute atomic E-state index is 0.0206. The zero-order valence-corrected chi connectivity index (χ0v) is 15.0. The van der Waals surface area contributed by atoms with Gasteiger partial charge in [0.2, 0.25) is 0 Å². The first-order valence-electron chi connectivity index (χ1n) is 8.48. The van der Waals surface area contributed by atoms with E-state index in [4.69, 9.17) is 0 Å². The molecule has 2 aromatic rings. The second kappa shape index (κ2) is 6.79. The van der Waals surface area contributed by atoms with Crippen molar-refractivity contribution < 1.29 is 18.3 Å². The van der Waals surface area contributed by atoms with Crippen molar-refractivity contribution in [3.63, 3.8) is 0 Å². The normalized spacial score (nSPS) is 15.4. The van der Waals surface area contributed by atoms with Crippen LogP contribution in [0.25, 0.3) is 0 Å². The fraction of sp³-hybridized carbons (Fsp3) is 0.421. The molecule has 1 N–H and O–H groups in total. The molecule has 1 aromatic carbocycles. The molecule has 0 saturated heterocycles. The van der Waals surface area contributed by atoms with E-state index in [1.807, 2.05) is 25.8 Å². The van der Waals surface area contributed by atoms with Crippen LogP contribution in [0.1, 0.15) is 36.1 Å². The van der Waals surface area contributed by atoms with Crippen molar-refractivity contribution in [3.8, 4) is 5.75 Å². The van der Waals surface area contributed by atoms with Gasteiger partial charge in [-0.3, -0.25) is 4.90 Å². The van der Waals surface area contributed by atoms with Crippen LogP contribution in [-0.4, -0.2) is 34.7 Å². The van der Waals surface area contributed by atoms with E-state index in [2.05, 4.69) is 9.88 Å². The molecule has 3 rings (SSSR count). The van der Waals surface area contributed by atoms with Gasteiger partial charge in [-0.05, 0) is 32.5 Å². The Bertz CT molecular complexity index is 805. The zero-order chi connectivity index (χ0) is 19.1. The van der Waals surface area contributed by atoms with Gasteiger partial charge in [0, 0.05) is 30.8 Å². The predicted octanol–water partition coefficient (Wildman–Crippen LogP) is 4.01. The summed E-state index contributed by atoms with van der Waals surface area (Å²) in [6.07, 6.45) is -2.96. The van der Waals surface area contributed by atoms with Gasteiger partial charge in [-0.25, -0.2) is 4.98 Å². The molecular formula is C19H22F3N3O. The summed E-state index contributed by atoms with van der Waals surface area (Å²) in [5.41, 5.74) is 0.508. The minimum atomic E-state index is -4.43. The highest BCUT2D eigenvalue weighted by Gasteiger charge is 2.33. The molecule has 140 valence electrons. The Morgan fingerprint density at radius 1 is 1.19 bits per heavy atom. The fourth-order valence-corrected chi connectivity index (χ4v) is 3.31. The van der Waals surface area contributed by atoms with Crippen LogP contribution in [-0.2, 0) is 19.1 Å². The van der Waals surface area contributed by atoms with E-state index >= 15 is 0 Å². The molecule has 0 unspecified atom stereocenters. The number of aromatic nitrogens is 1. The third kappa shape index (κ3) is 3.49. The summed E-state index contributed by atoms with van der Waals surface area (Å²) >= 11 is 0. The minimum Gasteiger partial charge on any atom is -0.507 e. The molecular weight excluding hydrogens is 343 g/mol. The number of alkyl halides is 3. The van der Waals surface area contributed by atoms with Crippen LogP contribution in [0.15, 0.2) is 30.5 Å². The molecule has 0 radical (unpaired) electrons. The molecule has 1 aliphatic heterocycles. The van der Waals surface area contributed by atoms with Crippen LogP contribution >= 0.6 is 0 Å². The molecule has 1 aromatic heterocycles. The van der Waals surface area contributed by atoms with Gasteiger partial charge in [0.25, 0.3) is 0 Å². The Morgan fingerprint density at radius 2 is 1.88 bits per heavy atom. The van der Waals surface area contributed by atoms with Crippen molar-refractivity contribution in [3.05, 3.63) is 52.7 Å². The van der Waals surface area contributed by atoms with Gasteiger partial charge in [-0.1, -0.05) is 18.2 Å². The summed E-state index contributed by atoms with van der Waals surface area (Å²) < 4.78 is 39.7. The Labute approximate surface area is 150 Å². The molecule has 0 aliphatic carbocycles. The van der Waals surface area contributed by atoms with E-state index in [1.54, 1.807) is 6.07 Å². The summed E-state index contributed by atoms with van der Waals surface area (Å²) in [4.78, 5) is 8.56. The van der Waals surface area contributed by atoms with Gasteiger partial charge in [-0.15, -0.1) is 0 Å². The lowest BCUT2D eigenvalue weighted by molar-refractivity contribution is -0.138. The van der Waals surface area contributed by atoms with Crippen LogP contribution in [0.4, 0.5) is 19.0 Å².